The quantitative estimate of drug-likeness (QED) is 0.912. The lowest BCUT2D eigenvalue weighted by molar-refractivity contribution is 0.150. The molecule has 2 aliphatic rings. The minimum Gasteiger partial charge on any atom is -0.331 e. The van der Waals surface area contributed by atoms with Crippen molar-refractivity contribution >= 4 is 17.4 Å². The van der Waals surface area contributed by atoms with Gasteiger partial charge in [-0.25, -0.2) is 4.79 Å². The van der Waals surface area contributed by atoms with E-state index in [2.05, 4.69) is 16.8 Å². The first-order valence-electron chi connectivity index (χ1n) is 7.93. The standard InChI is InChI=1S/C16H25N3OS/c1-18(2)16(20)19-9-6-12(7-10-19)17-14-4-3-5-15-13(14)8-11-21-15/h8,11-12,14,17H,3-7,9-10H2,1-2H3. The van der Waals surface area contributed by atoms with Crippen molar-refractivity contribution in [3.05, 3.63) is 21.9 Å². The van der Waals surface area contributed by atoms with Crippen LogP contribution >= 0.6 is 11.3 Å². The number of carbonyl (C=O) groups excluding carboxylic acids is 1. The Morgan fingerprint density at radius 2 is 2.10 bits per heavy atom. The topological polar surface area (TPSA) is 35.6 Å². The number of nitrogens with zero attached hydrogens (tertiary/aromatic N) is 2. The average Bonchev–Trinajstić information content (AvgIpc) is 2.97. The molecule has 1 unspecified atom stereocenters. The number of piperidine rings is 1. The van der Waals surface area contributed by atoms with Crippen molar-refractivity contribution in [2.24, 2.45) is 0 Å². The number of hydrogen-bond donors (Lipinski definition) is 1. The van der Waals surface area contributed by atoms with E-state index in [0.717, 1.165) is 25.9 Å². The molecule has 0 radical (unpaired) electrons. The number of aryl methyl sites for hydroxylation is 1. The van der Waals surface area contributed by atoms with E-state index in [1.807, 2.05) is 30.3 Å². The molecule has 0 bridgehead atoms. The second kappa shape index (κ2) is 6.36. The lowest BCUT2D eigenvalue weighted by Crippen LogP contribution is -2.48. The third-order valence-electron chi connectivity index (χ3n) is 4.64. The van der Waals surface area contributed by atoms with Gasteiger partial charge in [-0.3, -0.25) is 0 Å². The van der Waals surface area contributed by atoms with Gasteiger partial charge in [-0.15, -0.1) is 11.3 Å². The maximum Gasteiger partial charge on any atom is 0.319 e. The summed E-state index contributed by atoms with van der Waals surface area (Å²) in [6, 6.07) is 3.51. The number of urea groups is 1. The van der Waals surface area contributed by atoms with Crippen LogP contribution in [-0.2, 0) is 6.42 Å². The van der Waals surface area contributed by atoms with Gasteiger partial charge < -0.3 is 15.1 Å². The van der Waals surface area contributed by atoms with Crippen LogP contribution in [0.5, 0.6) is 0 Å². The van der Waals surface area contributed by atoms with Crippen molar-refractivity contribution in [1.29, 1.82) is 0 Å². The van der Waals surface area contributed by atoms with E-state index in [1.54, 1.807) is 9.78 Å². The predicted octanol–water partition coefficient (Wildman–Crippen LogP) is 2.86. The molecule has 1 aliphatic carbocycles. The molecule has 2 heterocycles. The molecule has 5 heteroatoms. The number of nitrogens with one attached hydrogen (secondary N) is 1. The number of rotatable bonds is 2. The Morgan fingerprint density at radius 3 is 2.81 bits per heavy atom. The van der Waals surface area contributed by atoms with E-state index < -0.39 is 0 Å². The Morgan fingerprint density at radius 1 is 1.33 bits per heavy atom. The molecule has 0 saturated carbocycles. The van der Waals surface area contributed by atoms with E-state index in [9.17, 15) is 4.79 Å². The van der Waals surface area contributed by atoms with Gasteiger partial charge in [-0.1, -0.05) is 0 Å². The minimum absolute atomic E-state index is 0.145. The summed E-state index contributed by atoms with van der Waals surface area (Å²) in [4.78, 5) is 17.2. The largest absolute Gasteiger partial charge is 0.331 e. The number of thiophene rings is 1. The molecule has 1 fully saturated rings. The summed E-state index contributed by atoms with van der Waals surface area (Å²) in [5, 5.41) is 6.07. The van der Waals surface area contributed by atoms with Gasteiger partial charge in [0.1, 0.15) is 0 Å². The number of carbonyl (C=O) groups is 1. The maximum absolute atomic E-state index is 12.0. The first kappa shape index (κ1) is 14.9. The van der Waals surface area contributed by atoms with Gasteiger partial charge in [0.15, 0.2) is 0 Å². The summed E-state index contributed by atoms with van der Waals surface area (Å²) in [5.74, 6) is 0. The smallest absolute Gasteiger partial charge is 0.319 e. The third kappa shape index (κ3) is 3.24. The number of hydrogen-bond acceptors (Lipinski definition) is 3. The molecular formula is C16H25N3OS. The molecule has 1 aromatic heterocycles. The van der Waals surface area contributed by atoms with Crippen LogP contribution in [0.25, 0.3) is 0 Å². The van der Waals surface area contributed by atoms with Crippen molar-refractivity contribution in [3.63, 3.8) is 0 Å². The summed E-state index contributed by atoms with van der Waals surface area (Å²) in [7, 11) is 3.65. The van der Waals surface area contributed by atoms with Crippen molar-refractivity contribution in [1.82, 2.24) is 15.1 Å². The molecule has 2 amide bonds. The summed E-state index contributed by atoms with van der Waals surface area (Å²) in [6.45, 7) is 1.75. The molecule has 1 saturated heterocycles. The highest BCUT2D eigenvalue weighted by Crippen LogP contribution is 2.34. The molecule has 1 atom stereocenters. The Balaban J connectivity index is 1.54. The minimum atomic E-state index is 0.145. The van der Waals surface area contributed by atoms with Crippen LogP contribution in [0.1, 0.15) is 42.2 Å². The molecule has 1 aromatic rings. The molecule has 1 aliphatic heterocycles. The Kier molecular flexibility index (Phi) is 4.50. The van der Waals surface area contributed by atoms with Crippen LogP contribution in [0.15, 0.2) is 11.4 Å². The zero-order chi connectivity index (χ0) is 14.8. The zero-order valence-electron chi connectivity index (χ0n) is 13.0. The van der Waals surface area contributed by atoms with Gasteiger partial charge >= 0.3 is 6.03 Å². The number of fused-ring (bicyclic) bond motifs is 1. The molecule has 0 spiro atoms. The fourth-order valence-corrected chi connectivity index (χ4v) is 4.45. The van der Waals surface area contributed by atoms with Crippen molar-refractivity contribution in [2.75, 3.05) is 27.2 Å². The van der Waals surface area contributed by atoms with Crippen molar-refractivity contribution in [2.45, 2.75) is 44.2 Å². The summed E-state index contributed by atoms with van der Waals surface area (Å²) in [6.07, 6.45) is 5.93. The van der Waals surface area contributed by atoms with Crippen LogP contribution < -0.4 is 5.32 Å². The van der Waals surface area contributed by atoms with E-state index in [1.165, 1.54) is 24.8 Å². The van der Waals surface area contributed by atoms with Crippen LogP contribution in [0, 0.1) is 0 Å². The summed E-state index contributed by atoms with van der Waals surface area (Å²) in [5.41, 5.74) is 1.53. The molecule has 116 valence electrons. The van der Waals surface area contributed by atoms with E-state index >= 15 is 0 Å². The second-order valence-electron chi connectivity index (χ2n) is 6.35. The van der Waals surface area contributed by atoms with Gasteiger partial charge in [0, 0.05) is 44.1 Å². The lowest BCUT2D eigenvalue weighted by atomic mass is 9.92. The number of likely N-dealkylation sites (tertiary alicyclic amines) is 1. The van der Waals surface area contributed by atoms with Crippen molar-refractivity contribution in [3.8, 4) is 0 Å². The summed E-state index contributed by atoms with van der Waals surface area (Å²) >= 11 is 1.90. The SMILES string of the molecule is CN(C)C(=O)N1CCC(NC2CCCc3sccc32)CC1. The molecule has 1 N–H and O–H groups in total. The highest BCUT2D eigenvalue weighted by Gasteiger charge is 2.27. The van der Waals surface area contributed by atoms with E-state index in [0.29, 0.717) is 12.1 Å². The zero-order valence-corrected chi connectivity index (χ0v) is 13.8. The maximum atomic E-state index is 12.0. The monoisotopic (exact) mass is 307 g/mol. The Bertz CT molecular complexity index is 491. The summed E-state index contributed by atoms with van der Waals surface area (Å²) < 4.78 is 0. The van der Waals surface area contributed by atoms with E-state index in [-0.39, 0.29) is 6.03 Å². The van der Waals surface area contributed by atoms with Crippen LogP contribution in [0.3, 0.4) is 0 Å². The molecule has 21 heavy (non-hydrogen) atoms. The van der Waals surface area contributed by atoms with Crippen molar-refractivity contribution < 1.29 is 4.79 Å². The molecule has 3 rings (SSSR count). The third-order valence-corrected chi connectivity index (χ3v) is 5.63. The van der Waals surface area contributed by atoms with Gasteiger partial charge in [-0.2, -0.15) is 0 Å². The van der Waals surface area contributed by atoms with Gasteiger partial charge in [-0.05, 0) is 49.1 Å². The van der Waals surface area contributed by atoms with Crippen LogP contribution in [-0.4, -0.2) is 49.1 Å². The number of amides is 2. The highest BCUT2D eigenvalue weighted by molar-refractivity contribution is 7.10. The molecule has 0 aromatic carbocycles. The Labute approximate surface area is 131 Å². The molecular weight excluding hydrogens is 282 g/mol. The lowest BCUT2D eigenvalue weighted by Gasteiger charge is -2.36. The normalized spacial score (nSPS) is 23.0. The first-order chi connectivity index (χ1) is 10.1. The second-order valence-corrected chi connectivity index (χ2v) is 7.35. The van der Waals surface area contributed by atoms with Gasteiger partial charge in [0.2, 0.25) is 0 Å². The molecule has 4 nitrogen and oxygen atoms in total. The predicted molar refractivity (Wildman–Crippen MR) is 86.8 cm³/mol. The van der Waals surface area contributed by atoms with Crippen LogP contribution in [0.4, 0.5) is 4.79 Å². The van der Waals surface area contributed by atoms with Crippen LogP contribution in [0.2, 0.25) is 0 Å². The van der Waals surface area contributed by atoms with Gasteiger partial charge in [0.05, 0.1) is 0 Å². The highest BCUT2D eigenvalue weighted by atomic mass is 32.1. The Hall–Kier alpha value is -1.07. The first-order valence-corrected chi connectivity index (χ1v) is 8.81. The van der Waals surface area contributed by atoms with E-state index in [4.69, 9.17) is 0 Å². The van der Waals surface area contributed by atoms with Gasteiger partial charge in [0.25, 0.3) is 0 Å². The average molecular weight is 307 g/mol. The fraction of sp³-hybridized carbons (Fsp3) is 0.688. The fourth-order valence-electron chi connectivity index (χ4n) is 3.46.